The van der Waals surface area contributed by atoms with Gasteiger partial charge in [0, 0.05) is 5.02 Å². The molecule has 0 heterocycles. The number of carbonyl (C=O) groups is 2. The van der Waals surface area contributed by atoms with Crippen LogP contribution >= 0.6 is 11.6 Å². The highest BCUT2D eigenvalue weighted by Crippen LogP contribution is 2.15. The highest BCUT2D eigenvalue weighted by Gasteiger charge is 2.06. The number of halogens is 1. The highest BCUT2D eigenvalue weighted by atomic mass is 35.5. The second-order valence-electron chi connectivity index (χ2n) is 3.63. The van der Waals surface area contributed by atoms with Crippen molar-refractivity contribution < 1.29 is 19.1 Å². The average Bonchev–Trinajstić information content (AvgIpc) is 2.39. The molecule has 0 aliphatic rings. The van der Waals surface area contributed by atoms with Crippen molar-refractivity contribution in [3.05, 3.63) is 29.3 Å². The molecule has 0 saturated heterocycles. The molecule has 0 fully saturated rings. The molecule has 0 spiro atoms. The number of rotatable bonds is 7. The molecule has 1 rings (SSSR count). The van der Waals surface area contributed by atoms with E-state index in [1.165, 1.54) is 0 Å². The third-order valence-corrected chi connectivity index (χ3v) is 2.40. The lowest BCUT2D eigenvalue weighted by molar-refractivity contribution is -0.143. The molecule has 0 unspecified atom stereocenters. The molecular weight excluding hydrogens is 270 g/mol. The first-order chi connectivity index (χ1) is 9.11. The van der Waals surface area contributed by atoms with E-state index in [4.69, 9.17) is 16.3 Å². The lowest BCUT2D eigenvalue weighted by atomic mass is 10.3. The summed E-state index contributed by atoms with van der Waals surface area (Å²) in [6, 6.07) is 6.85. The van der Waals surface area contributed by atoms with Crippen LogP contribution in [0, 0.1) is 0 Å². The normalized spacial score (nSPS) is 9.79. The van der Waals surface area contributed by atoms with Gasteiger partial charge in [-0.25, -0.2) is 0 Å². The first-order valence-electron chi connectivity index (χ1n) is 5.92. The monoisotopic (exact) mass is 285 g/mol. The van der Waals surface area contributed by atoms with Crippen molar-refractivity contribution >= 4 is 23.5 Å². The van der Waals surface area contributed by atoms with Gasteiger partial charge in [0.2, 0.25) is 5.91 Å². The SMILES string of the molecule is CCOC(=O)CNC(=O)CCOc1ccc(Cl)cc1. The van der Waals surface area contributed by atoms with Crippen molar-refractivity contribution in [3.63, 3.8) is 0 Å². The number of carbonyl (C=O) groups excluding carboxylic acids is 2. The second kappa shape index (κ2) is 8.37. The zero-order valence-electron chi connectivity index (χ0n) is 10.6. The number of benzene rings is 1. The van der Waals surface area contributed by atoms with E-state index in [0.717, 1.165) is 0 Å². The number of nitrogens with one attached hydrogen (secondary N) is 1. The van der Waals surface area contributed by atoms with Crippen LogP contribution in [0.15, 0.2) is 24.3 Å². The first kappa shape index (κ1) is 15.3. The maximum Gasteiger partial charge on any atom is 0.325 e. The smallest absolute Gasteiger partial charge is 0.325 e. The first-order valence-corrected chi connectivity index (χ1v) is 6.30. The summed E-state index contributed by atoms with van der Waals surface area (Å²) in [6.45, 7) is 2.12. The highest BCUT2D eigenvalue weighted by molar-refractivity contribution is 6.30. The molecule has 19 heavy (non-hydrogen) atoms. The van der Waals surface area contributed by atoms with Gasteiger partial charge in [-0.3, -0.25) is 9.59 Å². The van der Waals surface area contributed by atoms with Crippen LogP contribution in [0.2, 0.25) is 5.02 Å². The van der Waals surface area contributed by atoms with Gasteiger partial charge in [-0.2, -0.15) is 0 Å². The minimum absolute atomic E-state index is 0.117. The van der Waals surface area contributed by atoms with E-state index in [1.807, 2.05) is 0 Å². The fourth-order valence-corrected chi connectivity index (χ4v) is 1.39. The van der Waals surface area contributed by atoms with Gasteiger partial charge in [0.15, 0.2) is 0 Å². The van der Waals surface area contributed by atoms with Crippen molar-refractivity contribution in [3.8, 4) is 5.75 Å². The van der Waals surface area contributed by atoms with E-state index < -0.39 is 5.97 Å². The number of esters is 1. The Labute approximate surface area is 116 Å². The van der Waals surface area contributed by atoms with Gasteiger partial charge in [0.25, 0.3) is 0 Å². The van der Waals surface area contributed by atoms with Gasteiger partial charge >= 0.3 is 5.97 Å². The molecule has 0 aliphatic carbocycles. The van der Waals surface area contributed by atoms with E-state index in [0.29, 0.717) is 17.4 Å². The summed E-state index contributed by atoms with van der Waals surface area (Å²) in [6.07, 6.45) is 0.169. The molecule has 1 amide bonds. The van der Waals surface area contributed by atoms with Gasteiger partial charge in [-0.15, -0.1) is 0 Å². The minimum Gasteiger partial charge on any atom is -0.493 e. The molecule has 0 saturated carbocycles. The molecule has 0 atom stereocenters. The molecule has 104 valence electrons. The third kappa shape index (κ3) is 6.67. The Bertz CT molecular complexity index is 419. The Kier molecular flexibility index (Phi) is 6.74. The molecule has 5 nitrogen and oxygen atoms in total. The van der Waals surface area contributed by atoms with Crippen molar-refractivity contribution in [2.75, 3.05) is 19.8 Å². The fourth-order valence-electron chi connectivity index (χ4n) is 1.26. The van der Waals surface area contributed by atoms with Crippen LogP contribution in [0.4, 0.5) is 0 Å². The summed E-state index contributed by atoms with van der Waals surface area (Å²) in [5, 5.41) is 3.07. The van der Waals surface area contributed by atoms with E-state index in [-0.39, 0.29) is 25.5 Å². The summed E-state index contributed by atoms with van der Waals surface area (Å²) < 4.78 is 10.0. The van der Waals surface area contributed by atoms with Gasteiger partial charge in [0.05, 0.1) is 19.6 Å². The number of amides is 1. The zero-order valence-corrected chi connectivity index (χ0v) is 11.4. The molecule has 0 aliphatic heterocycles. The summed E-state index contributed by atoms with van der Waals surface area (Å²) in [5.41, 5.74) is 0. The lowest BCUT2D eigenvalue weighted by Crippen LogP contribution is -2.31. The van der Waals surface area contributed by atoms with Gasteiger partial charge in [0.1, 0.15) is 12.3 Å². The van der Waals surface area contributed by atoms with E-state index in [9.17, 15) is 9.59 Å². The Balaban J connectivity index is 2.16. The molecule has 0 bridgehead atoms. The predicted molar refractivity (Wildman–Crippen MR) is 71.2 cm³/mol. The van der Waals surface area contributed by atoms with Crippen molar-refractivity contribution in [1.29, 1.82) is 0 Å². The van der Waals surface area contributed by atoms with Crippen molar-refractivity contribution in [2.45, 2.75) is 13.3 Å². The molecule has 1 N–H and O–H groups in total. The number of hydrogen-bond acceptors (Lipinski definition) is 4. The molecular formula is C13H16ClNO4. The van der Waals surface area contributed by atoms with Gasteiger partial charge in [-0.1, -0.05) is 11.6 Å². The Hall–Kier alpha value is -1.75. The summed E-state index contributed by atoms with van der Waals surface area (Å²) in [7, 11) is 0. The number of hydrogen-bond donors (Lipinski definition) is 1. The molecule has 0 radical (unpaired) electrons. The minimum atomic E-state index is -0.450. The standard InChI is InChI=1S/C13H16ClNO4/c1-2-18-13(17)9-15-12(16)7-8-19-11-5-3-10(14)4-6-11/h3-6H,2,7-9H2,1H3,(H,15,16). The third-order valence-electron chi connectivity index (χ3n) is 2.15. The Morgan fingerprint density at radius 3 is 2.58 bits per heavy atom. The quantitative estimate of drug-likeness (QED) is 0.776. The molecule has 6 heteroatoms. The number of ether oxygens (including phenoxy) is 2. The van der Waals surface area contributed by atoms with Crippen LogP contribution in [-0.4, -0.2) is 31.6 Å². The van der Waals surface area contributed by atoms with Crippen LogP contribution in [0.25, 0.3) is 0 Å². The fraction of sp³-hybridized carbons (Fsp3) is 0.385. The zero-order chi connectivity index (χ0) is 14.1. The van der Waals surface area contributed by atoms with Crippen molar-refractivity contribution in [2.24, 2.45) is 0 Å². The maximum atomic E-state index is 11.4. The second-order valence-corrected chi connectivity index (χ2v) is 4.07. The lowest BCUT2D eigenvalue weighted by Gasteiger charge is -2.07. The summed E-state index contributed by atoms with van der Waals surface area (Å²) in [4.78, 5) is 22.4. The van der Waals surface area contributed by atoms with Crippen LogP contribution in [0.5, 0.6) is 5.75 Å². The topological polar surface area (TPSA) is 64.6 Å². The van der Waals surface area contributed by atoms with Crippen LogP contribution < -0.4 is 10.1 Å². The van der Waals surface area contributed by atoms with Crippen molar-refractivity contribution in [1.82, 2.24) is 5.32 Å². The molecule has 1 aromatic rings. The van der Waals surface area contributed by atoms with Crippen LogP contribution in [-0.2, 0) is 14.3 Å². The van der Waals surface area contributed by atoms with E-state index in [1.54, 1.807) is 31.2 Å². The van der Waals surface area contributed by atoms with Gasteiger partial charge in [-0.05, 0) is 31.2 Å². The molecule has 0 aromatic heterocycles. The average molecular weight is 286 g/mol. The Morgan fingerprint density at radius 1 is 1.26 bits per heavy atom. The van der Waals surface area contributed by atoms with Crippen LogP contribution in [0.1, 0.15) is 13.3 Å². The predicted octanol–water partition coefficient (Wildman–Crippen LogP) is 1.79. The van der Waals surface area contributed by atoms with Crippen LogP contribution in [0.3, 0.4) is 0 Å². The summed E-state index contributed by atoms with van der Waals surface area (Å²) >= 11 is 5.73. The largest absolute Gasteiger partial charge is 0.493 e. The van der Waals surface area contributed by atoms with E-state index in [2.05, 4.69) is 10.1 Å². The molecule has 1 aromatic carbocycles. The maximum absolute atomic E-state index is 11.4. The van der Waals surface area contributed by atoms with E-state index >= 15 is 0 Å². The van der Waals surface area contributed by atoms with Gasteiger partial charge < -0.3 is 14.8 Å². The summed E-state index contributed by atoms with van der Waals surface area (Å²) in [5.74, 6) is -0.0703. The Morgan fingerprint density at radius 2 is 1.95 bits per heavy atom.